The third-order valence-corrected chi connectivity index (χ3v) is 3.74. The van der Waals surface area contributed by atoms with Crippen LogP contribution in [0.2, 0.25) is 0 Å². The summed E-state index contributed by atoms with van der Waals surface area (Å²) >= 11 is 0. The van der Waals surface area contributed by atoms with Crippen molar-refractivity contribution in [1.29, 1.82) is 0 Å². The zero-order chi connectivity index (χ0) is 13.2. The Balaban J connectivity index is 1.60. The Morgan fingerprint density at radius 3 is 2.89 bits per heavy atom. The Bertz CT molecular complexity index is 534. The molecule has 1 saturated heterocycles. The number of rotatable bonds is 2. The number of nitrogens with zero attached hydrogens (tertiary/aromatic N) is 1. The summed E-state index contributed by atoms with van der Waals surface area (Å²) in [5.41, 5.74) is 1.64. The first-order valence-corrected chi connectivity index (χ1v) is 6.48. The zero-order valence-electron chi connectivity index (χ0n) is 10.5. The number of carbonyl (C=O) groups is 1. The quantitative estimate of drug-likeness (QED) is 0.763. The van der Waals surface area contributed by atoms with E-state index in [2.05, 4.69) is 0 Å². The van der Waals surface area contributed by atoms with Crippen LogP contribution in [0.25, 0.3) is 0 Å². The number of carbonyl (C=O) groups excluding carboxylic acids is 2. The van der Waals surface area contributed by atoms with E-state index in [1.165, 1.54) is 0 Å². The van der Waals surface area contributed by atoms with Crippen LogP contribution in [0.3, 0.4) is 0 Å². The predicted octanol–water partition coefficient (Wildman–Crippen LogP) is 2.18. The second-order valence-electron chi connectivity index (χ2n) is 5.14. The van der Waals surface area contributed by atoms with Gasteiger partial charge in [0.1, 0.15) is 12.5 Å². The van der Waals surface area contributed by atoms with E-state index in [-0.39, 0.29) is 18.7 Å². The highest BCUT2D eigenvalue weighted by Crippen LogP contribution is 2.44. The Kier molecular flexibility index (Phi) is 3.10. The van der Waals surface area contributed by atoms with Crippen LogP contribution in [0.1, 0.15) is 18.4 Å². The van der Waals surface area contributed by atoms with Crippen LogP contribution in [0.15, 0.2) is 35.9 Å². The second-order valence-corrected chi connectivity index (χ2v) is 5.14. The van der Waals surface area contributed by atoms with E-state index in [4.69, 9.17) is 4.74 Å². The number of amides is 1. The Hall–Kier alpha value is -2.06. The first kappa shape index (κ1) is 12.0. The van der Waals surface area contributed by atoms with E-state index in [0.29, 0.717) is 18.0 Å². The SMILES string of the molecule is O=C=C1CC2CC2N(C(=O)OCc2ccccc2)C1. The van der Waals surface area contributed by atoms with Gasteiger partial charge in [-0.2, -0.15) is 0 Å². The van der Waals surface area contributed by atoms with Gasteiger partial charge in [-0.1, -0.05) is 30.3 Å². The monoisotopic (exact) mass is 257 g/mol. The van der Waals surface area contributed by atoms with Crippen molar-refractivity contribution >= 4 is 12.0 Å². The van der Waals surface area contributed by atoms with Crippen LogP contribution in [0.5, 0.6) is 0 Å². The molecule has 2 fully saturated rings. The molecule has 1 saturated carbocycles. The van der Waals surface area contributed by atoms with Gasteiger partial charge in [-0.3, -0.25) is 0 Å². The summed E-state index contributed by atoms with van der Waals surface area (Å²) < 4.78 is 5.30. The average Bonchev–Trinajstić information content (AvgIpc) is 3.24. The maximum Gasteiger partial charge on any atom is 0.410 e. The molecule has 0 N–H and O–H groups in total. The molecule has 1 aromatic rings. The molecule has 2 unspecified atom stereocenters. The van der Waals surface area contributed by atoms with Gasteiger partial charge in [0.25, 0.3) is 0 Å². The Morgan fingerprint density at radius 2 is 2.16 bits per heavy atom. The van der Waals surface area contributed by atoms with Crippen LogP contribution in [0, 0.1) is 5.92 Å². The van der Waals surface area contributed by atoms with Crippen molar-refractivity contribution in [1.82, 2.24) is 4.90 Å². The molecule has 1 heterocycles. The van der Waals surface area contributed by atoms with Crippen molar-refractivity contribution in [3.05, 3.63) is 41.5 Å². The van der Waals surface area contributed by atoms with Crippen molar-refractivity contribution < 1.29 is 14.3 Å². The lowest BCUT2D eigenvalue weighted by molar-refractivity contribution is 0.0920. The summed E-state index contributed by atoms with van der Waals surface area (Å²) in [6.07, 6.45) is 1.44. The molecule has 19 heavy (non-hydrogen) atoms. The number of ether oxygens (including phenoxy) is 1. The molecule has 4 heteroatoms. The van der Waals surface area contributed by atoms with Crippen LogP contribution >= 0.6 is 0 Å². The van der Waals surface area contributed by atoms with Gasteiger partial charge < -0.3 is 9.64 Å². The fraction of sp³-hybridized carbons (Fsp3) is 0.400. The van der Waals surface area contributed by atoms with Crippen LogP contribution in [0.4, 0.5) is 4.79 Å². The van der Waals surface area contributed by atoms with Crippen molar-refractivity contribution in [2.45, 2.75) is 25.5 Å². The third kappa shape index (κ3) is 2.54. The predicted molar refractivity (Wildman–Crippen MR) is 69.1 cm³/mol. The summed E-state index contributed by atoms with van der Waals surface area (Å²) in [7, 11) is 0. The van der Waals surface area contributed by atoms with Gasteiger partial charge in [0, 0.05) is 11.6 Å². The highest BCUT2D eigenvalue weighted by atomic mass is 16.6. The lowest BCUT2D eigenvalue weighted by atomic mass is 10.1. The molecular formula is C15H15NO3. The van der Waals surface area contributed by atoms with E-state index >= 15 is 0 Å². The standard InChI is InChI=1S/C15H15NO3/c17-9-12-6-13-7-14(13)16(8-12)15(18)19-10-11-4-2-1-3-5-11/h1-5,13-14H,6-8,10H2. The van der Waals surface area contributed by atoms with Gasteiger partial charge in [0.15, 0.2) is 0 Å². The number of fused-ring (bicyclic) bond motifs is 1. The summed E-state index contributed by atoms with van der Waals surface area (Å²) in [4.78, 5) is 24.4. The van der Waals surface area contributed by atoms with E-state index in [0.717, 1.165) is 18.4 Å². The maximum absolute atomic E-state index is 12.0. The minimum Gasteiger partial charge on any atom is -0.445 e. The number of benzene rings is 1. The normalized spacial score (nSPS) is 24.4. The summed E-state index contributed by atoms with van der Waals surface area (Å²) in [5.74, 6) is 2.38. The molecule has 0 aromatic heterocycles. The van der Waals surface area contributed by atoms with Gasteiger partial charge in [0.05, 0.1) is 6.54 Å². The van der Waals surface area contributed by atoms with Crippen molar-refractivity contribution in [3.8, 4) is 0 Å². The van der Waals surface area contributed by atoms with E-state index in [1.54, 1.807) is 4.90 Å². The molecule has 1 amide bonds. The summed E-state index contributed by atoms with van der Waals surface area (Å²) in [6, 6.07) is 9.84. The molecule has 98 valence electrons. The van der Waals surface area contributed by atoms with Crippen molar-refractivity contribution in [3.63, 3.8) is 0 Å². The lowest BCUT2D eigenvalue weighted by Crippen LogP contribution is -2.38. The van der Waals surface area contributed by atoms with Gasteiger partial charge in [-0.25, -0.2) is 9.59 Å². The number of piperidine rings is 1. The fourth-order valence-electron chi connectivity index (χ4n) is 2.61. The lowest BCUT2D eigenvalue weighted by Gasteiger charge is -2.26. The number of hydrogen-bond donors (Lipinski definition) is 0. The first-order valence-electron chi connectivity index (χ1n) is 6.48. The number of likely N-dealkylation sites (tertiary alicyclic amines) is 1. The molecule has 1 aliphatic carbocycles. The molecule has 0 radical (unpaired) electrons. The van der Waals surface area contributed by atoms with E-state index in [1.807, 2.05) is 36.3 Å². The molecule has 0 spiro atoms. The summed E-state index contributed by atoms with van der Waals surface area (Å²) in [6.45, 7) is 0.645. The van der Waals surface area contributed by atoms with E-state index < -0.39 is 0 Å². The van der Waals surface area contributed by atoms with Gasteiger partial charge >= 0.3 is 6.09 Å². The maximum atomic E-state index is 12.0. The van der Waals surface area contributed by atoms with Crippen LogP contribution in [-0.4, -0.2) is 29.5 Å². The largest absolute Gasteiger partial charge is 0.445 e. The molecule has 0 bridgehead atoms. The smallest absolute Gasteiger partial charge is 0.410 e. The Morgan fingerprint density at radius 1 is 1.37 bits per heavy atom. The molecule has 2 atom stereocenters. The molecular weight excluding hydrogens is 242 g/mol. The minimum absolute atomic E-state index is 0.264. The second kappa shape index (κ2) is 4.90. The highest BCUT2D eigenvalue weighted by Gasteiger charge is 2.48. The summed E-state index contributed by atoms with van der Waals surface area (Å²) in [5, 5.41) is 0. The topological polar surface area (TPSA) is 46.6 Å². The molecule has 3 rings (SSSR count). The van der Waals surface area contributed by atoms with Gasteiger partial charge in [0.2, 0.25) is 0 Å². The van der Waals surface area contributed by atoms with Crippen molar-refractivity contribution in [2.24, 2.45) is 5.92 Å². The van der Waals surface area contributed by atoms with Crippen LogP contribution < -0.4 is 0 Å². The third-order valence-electron chi connectivity index (χ3n) is 3.74. The number of hydrogen-bond acceptors (Lipinski definition) is 3. The van der Waals surface area contributed by atoms with Gasteiger partial charge in [-0.15, -0.1) is 0 Å². The Labute approximate surface area is 111 Å². The highest BCUT2D eigenvalue weighted by molar-refractivity contribution is 5.71. The molecule has 1 aliphatic heterocycles. The van der Waals surface area contributed by atoms with Crippen LogP contribution in [-0.2, 0) is 16.1 Å². The zero-order valence-corrected chi connectivity index (χ0v) is 10.5. The van der Waals surface area contributed by atoms with Gasteiger partial charge in [-0.05, 0) is 24.3 Å². The van der Waals surface area contributed by atoms with E-state index in [9.17, 15) is 9.59 Å². The first-order chi connectivity index (χ1) is 9.28. The molecule has 4 nitrogen and oxygen atoms in total. The molecule has 2 aliphatic rings. The van der Waals surface area contributed by atoms with Crippen molar-refractivity contribution in [2.75, 3.05) is 6.54 Å². The molecule has 1 aromatic carbocycles. The average molecular weight is 257 g/mol. The fourth-order valence-corrected chi connectivity index (χ4v) is 2.61. The minimum atomic E-state index is -0.330.